The van der Waals surface area contributed by atoms with Gasteiger partial charge in [-0.05, 0) is 24.3 Å². The van der Waals surface area contributed by atoms with Crippen LogP contribution in [0, 0.1) is 0 Å². The molecule has 3 aromatic rings. The Bertz CT molecular complexity index is 1260. The van der Waals surface area contributed by atoms with E-state index in [1.807, 2.05) is 24.3 Å². The highest BCUT2D eigenvalue weighted by atomic mass is 32.2. The highest BCUT2D eigenvalue weighted by Crippen LogP contribution is 2.30. The molecule has 156 valence electrons. The van der Waals surface area contributed by atoms with Gasteiger partial charge in [0.2, 0.25) is 15.9 Å². The number of H-pyrrole nitrogens is 1. The van der Waals surface area contributed by atoms with Crippen LogP contribution in [0.15, 0.2) is 42.5 Å². The van der Waals surface area contributed by atoms with E-state index in [4.69, 9.17) is 0 Å². The van der Waals surface area contributed by atoms with Crippen LogP contribution in [0.5, 0.6) is 0 Å². The molecule has 0 fully saturated rings. The van der Waals surface area contributed by atoms with Crippen molar-refractivity contribution in [2.24, 2.45) is 0 Å². The Kier molecular flexibility index (Phi) is 4.98. The summed E-state index contributed by atoms with van der Waals surface area (Å²) >= 11 is 0. The van der Waals surface area contributed by atoms with E-state index in [2.05, 4.69) is 15.0 Å². The molecule has 0 saturated carbocycles. The first-order valence-electron chi connectivity index (χ1n) is 9.48. The number of hydrogen-bond donors (Lipinski definition) is 3. The summed E-state index contributed by atoms with van der Waals surface area (Å²) in [6.45, 7) is 2.29. The van der Waals surface area contributed by atoms with Crippen molar-refractivity contribution in [2.75, 3.05) is 22.8 Å². The first-order chi connectivity index (χ1) is 14.2. The van der Waals surface area contributed by atoms with Gasteiger partial charge in [0.05, 0.1) is 17.5 Å². The Hall–Kier alpha value is -3.33. The molecular weight excluding hydrogens is 404 g/mol. The van der Waals surface area contributed by atoms with Gasteiger partial charge in [-0.2, -0.15) is 0 Å². The molecule has 30 heavy (non-hydrogen) atoms. The fraction of sp³-hybridized carbons (Fsp3) is 0.238. The summed E-state index contributed by atoms with van der Waals surface area (Å²) in [4.78, 5) is 29.9. The SMILES string of the molecule is CC(=O)Nc1ccc(NS(C)(=O)=O)c(C(=O)N2CCc3[nH]c4ccccc4c3C2)c1. The van der Waals surface area contributed by atoms with E-state index >= 15 is 0 Å². The van der Waals surface area contributed by atoms with Crippen LogP contribution in [0.1, 0.15) is 28.5 Å². The van der Waals surface area contributed by atoms with E-state index in [1.54, 1.807) is 11.0 Å². The third-order valence-corrected chi connectivity index (χ3v) is 5.63. The minimum atomic E-state index is -3.58. The van der Waals surface area contributed by atoms with Crippen LogP contribution in [0.25, 0.3) is 10.9 Å². The molecule has 0 saturated heterocycles. The summed E-state index contributed by atoms with van der Waals surface area (Å²) in [6.07, 6.45) is 1.71. The van der Waals surface area contributed by atoms with Crippen molar-refractivity contribution >= 4 is 44.1 Å². The molecule has 4 rings (SSSR count). The van der Waals surface area contributed by atoms with E-state index in [9.17, 15) is 18.0 Å². The molecule has 9 heteroatoms. The van der Waals surface area contributed by atoms with E-state index in [-0.39, 0.29) is 23.1 Å². The lowest BCUT2D eigenvalue weighted by Crippen LogP contribution is -2.36. The highest BCUT2D eigenvalue weighted by Gasteiger charge is 2.27. The van der Waals surface area contributed by atoms with Crippen LogP contribution in [0.4, 0.5) is 11.4 Å². The first-order valence-corrected chi connectivity index (χ1v) is 11.4. The lowest BCUT2D eigenvalue weighted by Gasteiger charge is -2.28. The number of carbonyl (C=O) groups is 2. The molecule has 0 aliphatic carbocycles. The smallest absolute Gasteiger partial charge is 0.256 e. The molecule has 0 atom stereocenters. The zero-order valence-corrected chi connectivity index (χ0v) is 17.5. The van der Waals surface area contributed by atoms with Gasteiger partial charge in [-0.1, -0.05) is 18.2 Å². The number of nitrogens with zero attached hydrogens (tertiary/aromatic N) is 1. The van der Waals surface area contributed by atoms with Gasteiger partial charge in [0.25, 0.3) is 5.91 Å². The quantitative estimate of drug-likeness (QED) is 0.595. The lowest BCUT2D eigenvalue weighted by atomic mass is 10.0. The maximum Gasteiger partial charge on any atom is 0.256 e. The van der Waals surface area contributed by atoms with Crippen LogP contribution in [0.3, 0.4) is 0 Å². The van der Waals surface area contributed by atoms with Crippen molar-refractivity contribution in [3.05, 3.63) is 59.3 Å². The number of sulfonamides is 1. The number of para-hydroxylation sites is 1. The van der Waals surface area contributed by atoms with E-state index in [0.29, 0.717) is 25.2 Å². The number of hydrogen-bond acceptors (Lipinski definition) is 4. The third-order valence-electron chi connectivity index (χ3n) is 5.04. The number of fused-ring (bicyclic) bond motifs is 3. The van der Waals surface area contributed by atoms with Crippen molar-refractivity contribution in [2.45, 2.75) is 19.9 Å². The molecule has 2 aromatic carbocycles. The number of aromatic amines is 1. The number of anilines is 2. The Morgan fingerprint density at radius 2 is 1.90 bits per heavy atom. The van der Waals surface area contributed by atoms with Crippen molar-refractivity contribution < 1.29 is 18.0 Å². The number of nitrogens with one attached hydrogen (secondary N) is 3. The Morgan fingerprint density at radius 1 is 1.13 bits per heavy atom. The zero-order valence-electron chi connectivity index (χ0n) is 16.7. The number of carbonyl (C=O) groups excluding carboxylic acids is 2. The molecule has 0 unspecified atom stereocenters. The van der Waals surface area contributed by atoms with Crippen LogP contribution < -0.4 is 10.0 Å². The normalized spacial score (nSPS) is 13.7. The summed E-state index contributed by atoms with van der Waals surface area (Å²) in [5, 5.41) is 3.71. The number of rotatable bonds is 4. The molecule has 2 heterocycles. The van der Waals surface area contributed by atoms with E-state index in [0.717, 1.165) is 28.4 Å². The molecule has 8 nitrogen and oxygen atoms in total. The Morgan fingerprint density at radius 3 is 2.63 bits per heavy atom. The van der Waals surface area contributed by atoms with Gasteiger partial charge >= 0.3 is 0 Å². The molecule has 1 aliphatic rings. The van der Waals surface area contributed by atoms with Gasteiger partial charge in [-0.15, -0.1) is 0 Å². The minimum absolute atomic E-state index is 0.182. The summed E-state index contributed by atoms with van der Waals surface area (Å²) in [5.74, 6) is -0.581. The molecule has 1 aromatic heterocycles. The van der Waals surface area contributed by atoms with Gasteiger partial charge in [-0.25, -0.2) is 8.42 Å². The molecule has 0 spiro atoms. The number of benzene rings is 2. The van der Waals surface area contributed by atoms with Crippen LogP contribution in [-0.2, 0) is 27.8 Å². The zero-order chi connectivity index (χ0) is 21.5. The molecule has 1 aliphatic heterocycles. The molecule has 0 radical (unpaired) electrons. The van der Waals surface area contributed by atoms with Gasteiger partial charge in [0.15, 0.2) is 0 Å². The minimum Gasteiger partial charge on any atom is -0.358 e. The van der Waals surface area contributed by atoms with Gasteiger partial charge in [-0.3, -0.25) is 14.3 Å². The first kappa shape index (κ1) is 20.0. The summed E-state index contributed by atoms with van der Waals surface area (Å²) in [6, 6.07) is 12.5. The standard InChI is InChI=1S/C21H22N4O4S/c1-13(26)22-14-7-8-20(24-30(2,28)29)16(11-14)21(27)25-10-9-19-17(12-25)15-5-3-4-6-18(15)23-19/h3-8,11,23-24H,9-10,12H2,1-2H3,(H,22,26). The molecule has 2 amide bonds. The van der Waals surface area contributed by atoms with Gasteiger partial charge < -0.3 is 15.2 Å². The van der Waals surface area contributed by atoms with Crippen molar-refractivity contribution in [3.8, 4) is 0 Å². The monoisotopic (exact) mass is 426 g/mol. The van der Waals surface area contributed by atoms with Crippen molar-refractivity contribution in [3.63, 3.8) is 0 Å². The van der Waals surface area contributed by atoms with Gasteiger partial charge in [0, 0.05) is 54.3 Å². The van der Waals surface area contributed by atoms with E-state index in [1.165, 1.54) is 19.1 Å². The summed E-state index contributed by atoms with van der Waals surface area (Å²) in [7, 11) is -3.58. The molecule has 3 N–H and O–H groups in total. The largest absolute Gasteiger partial charge is 0.358 e. The van der Waals surface area contributed by atoms with E-state index < -0.39 is 10.0 Å². The maximum atomic E-state index is 13.4. The van der Waals surface area contributed by atoms with Crippen LogP contribution in [-0.4, -0.2) is 42.9 Å². The average Bonchev–Trinajstić information content (AvgIpc) is 3.05. The summed E-state index contributed by atoms with van der Waals surface area (Å²) < 4.78 is 26.0. The predicted octanol–water partition coefficient (Wildman–Crippen LogP) is 2.70. The maximum absolute atomic E-state index is 13.4. The predicted molar refractivity (Wildman–Crippen MR) is 116 cm³/mol. The third kappa shape index (κ3) is 4.02. The second-order valence-electron chi connectivity index (χ2n) is 7.42. The van der Waals surface area contributed by atoms with Crippen LogP contribution >= 0.6 is 0 Å². The highest BCUT2D eigenvalue weighted by molar-refractivity contribution is 7.92. The molecule has 0 bridgehead atoms. The van der Waals surface area contributed by atoms with Crippen LogP contribution in [0.2, 0.25) is 0 Å². The fourth-order valence-electron chi connectivity index (χ4n) is 3.80. The number of amides is 2. The average molecular weight is 426 g/mol. The summed E-state index contributed by atoms with van der Waals surface area (Å²) in [5.41, 5.74) is 4.01. The molecular formula is C21H22N4O4S. The fourth-order valence-corrected chi connectivity index (χ4v) is 4.38. The van der Waals surface area contributed by atoms with Gasteiger partial charge in [0.1, 0.15) is 0 Å². The van der Waals surface area contributed by atoms with Crippen molar-refractivity contribution in [1.82, 2.24) is 9.88 Å². The Labute approximate surface area is 174 Å². The number of aromatic nitrogens is 1. The lowest BCUT2D eigenvalue weighted by molar-refractivity contribution is -0.114. The second-order valence-corrected chi connectivity index (χ2v) is 9.17. The van der Waals surface area contributed by atoms with Crippen molar-refractivity contribution in [1.29, 1.82) is 0 Å². The topological polar surface area (TPSA) is 111 Å². The second kappa shape index (κ2) is 7.49. The Balaban J connectivity index is 1.70.